The number of carbonyl (C=O) groups excluding carboxylic acids is 2. The number of amides is 2. The average molecular weight is 327 g/mol. The summed E-state index contributed by atoms with van der Waals surface area (Å²) in [7, 11) is 3.13. The van der Waals surface area contributed by atoms with Crippen LogP contribution in [0.2, 0.25) is 0 Å². The third-order valence-corrected chi connectivity index (χ3v) is 3.49. The molecule has 24 heavy (non-hydrogen) atoms. The number of hydrogen-bond donors (Lipinski definition) is 3. The van der Waals surface area contributed by atoms with Gasteiger partial charge in [0.2, 0.25) is 5.91 Å². The van der Waals surface area contributed by atoms with Gasteiger partial charge in [-0.25, -0.2) is 0 Å². The lowest BCUT2D eigenvalue weighted by Gasteiger charge is -2.17. The summed E-state index contributed by atoms with van der Waals surface area (Å²) in [6, 6.07) is 13.7. The summed E-state index contributed by atoms with van der Waals surface area (Å²) in [6.45, 7) is 1.75. The van der Waals surface area contributed by atoms with Crippen molar-refractivity contribution in [1.82, 2.24) is 5.32 Å². The molecule has 2 aromatic carbocycles. The molecular formula is C18H21N3O3. The normalized spacial score (nSPS) is 11.3. The Labute approximate surface area is 141 Å². The molecule has 6 heteroatoms. The minimum atomic E-state index is -0.491. The zero-order valence-electron chi connectivity index (χ0n) is 13.9. The van der Waals surface area contributed by atoms with Crippen molar-refractivity contribution in [1.29, 1.82) is 0 Å². The van der Waals surface area contributed by atoms with E-state index in [0.29, 0.717) is 22.7 Å². The molecule has 0 bridgehead atoms. The number of hydrogen-bond acceptors (Lipinski definition) is 4. The maximum absolute atomic E-state index is 12.4. The Hall–Kier alpha value is -3.02. The Bertz CT molecular complexity index is 731. The number of anilines is 2. The number of methoxy groups -OCH3 is 1. The van der Waals surface area contributed by atoms with Crippen molar-refractivity contribution in [3.63, 3.8) is 0 Å². The fraction of sp³-hybridized carbons (Fsp3) is 0.222. The first-order valence-electron chi connectivity index (χ1n) is 7.57. The number of para-hydroxylation sites is 2. The molecule has 0 radical (unpaired) electrons. The zero-order chi connectivity index (χ0) is 17.5. The monoisotopic (exact) mass is 327 g/mol. The van der Waals surface area contributed by atoms with Gasteiger partial charge in [-0.05, 0) is 37.3 Å². The second-order valence-corrected chi connectivity index (χ2v) is 5.22. The van der Waals surface area contributed by atoms with Crippen molar-refractivity contribution >= 4 is 23.2 Å². The Morgan fingerprint density at radius 1 is 1.08 bits per heavy atom. The summed E-state index contributed by atoms with van der Waals surface area (Å²) in [5.74, 6) is 0.217. The van der Waals surface area contributed by atoms with E-state index in [9.17, 15) is 9.59 Å². The highest BCUT2D eigenvalue weighted by atomic mass is 16.5. The summed E-state index contributed by atoms with van der Waals surface area (Å²) in [5.41, 5.74) is 1.83. The molecular weight excluding hydrogens is 306 g/mol. The van der Waals surface area contributed by atoms with Gasteiger partial charge in [-0.2, -0.15) is 0 Å². The predicted molar refractivity (Wildman–Crippen MR) is 94.5 cm³/mol. The van der Waals surface area contributed by atoms with Crippen molar-refractivity contribution in [3.8, 4) is 5.75 Å². The number of rotatable bonds is 6. The molecule has 0 saturated carbocycles. The van der Waals surface area contributed by atoms with Crippen LogP contribution in [0.5, 0.6) is 5.75 Å². The molecule has 1 atom stereocenters. The largest absolute Gasteiger partial charge is 0.495 e. The van der Waals surface area contributed by atoms with Crippen molar-refractivity contribution in [2.45, 2.75) is 13.0 Å². The molecule has 126 valence electrons. The minimum absolute atomic E-state index is 0.176. The van der Waals surface area contributed by atoms with Crippen LogP contribution in [0.15, 0.2) is 48.5 Å². The summed E-state index contributed by atoms with van der Waals surface area (Å²) in [6.07, 6.45) is 0. The molecule has 2 amide bonds. The fourth-order valence-electron chi connectivity index (χ4n) is 2.20. The lowest BCUT2D eigenvalue weighted by molar-refractivity contribution is -0.116. The third-order valence-electron chi connectivity index (χ3n) is 3.49. The highest BCUT2D eigenvalue weighted by Gasteiger charge is 2.15. The number of nitrogens with one attached hydrogen (secondary N) is 3. The highest BCUT2D eigenvalue weighted by Crippen LogP contribution is 2.23. The molecule has 0 unspecified atom stereocenters. The van der Waals surface area contributed by atoms with E-state index in [-0.39, 0.29) is 11.8 Å². The molecule has 0 aromatic heterocycles. The van der Waals surface area contributed by atoms with Crippen LogP contribution < -0.4 is 20.7 Å². The molecule has 6 nitrogen and oxygen atoms in total. The minimum Gasteiger partial charge on any atom is -0.495 e. The Balaban J connectivity index is 2.05. The van der Waals surface area contributed by atoms with E-state index in [1.54, 1.807) is 57.5 Å². The van der Waals surface area contributed by atoms with E-state index in [2.05, 4.69) is 16.0 Å². The SMILES string of the molecule is CNC(=O)c1cccc(N[C@@H](C)C(=O)Nc2ccccc2OC)c1. The molecule has 0 aliphatic rings. The second-order valence-electron chi connectivity index (χ2n) is 5.22. The van der Waals surface area contributed by atoms with E-state index in [1.165, 1.54) is 0 Å². The van der Waals surface area contributed by atoms with Gasteiger partial charge in [-0.3, -0.25) is 9.59 Å². The first-order valence-corrected chi connectivity index (χ1v) is 7.57. The smallest absolute Gasteiger partial charge is 0.251 e. The van der Waals surface area contributed by atoms with Gasteiger partial charge >= 0.3 is 0 Å². The van der Waals surface area contributed by atoms with Crippen LogP contribution in [-0.2, 0) is 4.79 Å². The Morgan fingerprint density at radius 3 is 2.54 bits per heavy atom. The molecule has 2 rings (SSSR count). The molecule has 0 fully saturated rings. The number of ether oxygens (including phenoxy) is 1. The Kier molecular flexibility index (Phi) is 5.78. The Morgan fingerprint density at radius 2 is 1.83 bits per heavy atom. The van der Waals surface area contributed by atoms with Crippen LogP contribution >= 0.6 is 0 Å². The molecule has 0 saturated heterocycles. The van der Waals surface area contributed by atoms with Crippen LogP contribution in [0.3, 0.4) is 0 Å². The van der Waals surface area contributed by atoms with E-state index in [0.717, 1.165) is 0 Å². The van der Waals surface area contributed by atoms with Crippen LogP contribution in [0.25, 0.3) is 0 Å². The van der Waals surface area contributed by atoms with Crippen LogP contribution in [-0.4, -0.2) is 32.0 Å². The first kappa shape index (κ1) is 17.3. The van der Waals surface area contributed by atoms with Crippen LogP contribution in [0, 0.1) is 0 Å². The van der Waals surface area contributed by atoms with Gasteiger partial charge in [0.15, 0.2) is 0 Å². The van der Waals surface area contributed by atoms with Gasteiger partial charge in [-0.15, -0.1) is 0 Å². The van der Waals surface area contributed by atoms with Gasteiger partial charge in [0.1, 0.15) is 11.8 Å². The van der Waals surface area contributed by atoms with E-state index in [1.807, 2.05) is 12.1 Å². The van der Waals surface area contributed by atoms with Gasteiger partial charge in [0.05, 0.1) is 12.8 Å². The van der Waals surface area contributed by atoms with E-state index in [4.69, 9.17) is 4.74 Å². The molecule has 2 aromatic rings. The lowest BCUT2D eigenvalue weighted by Crippen LogP contribution is -2.32. The van der Waals surface area contributed by atoms with Crippen molar-refractivity contribution in [2.24, 2.45) is 0 Å². The van der Waals surface area contributed by atoms with Crippen LogP contribution in [0.1, 0.15) is 17.3 Å². The quantitative estimate of drug-likeness (QED) is 0.761. The third kappa shape index (κ3) is 4.25. The van der Waals surface area contributed by atoms with E-state index >= 15 is 0 Å². The summed E-state index contributed by atoms with van der Waals surface area (Å²) < 4.78 is 5.22. The van der Waals surface area contributed by atoms with Gasteiger partial charge in [0.25, 0.3) is 5.91 Å². The summed E-state index contributed by atoms with van der Waals surface area (Å²) in [4.78, 5) is 24.0. The highest BCUT2D eigenvalue weighted by molar-refractivity contribution is 5.98. The molecule has 0 aliphatic carbocycles. The predicted octanol–water partition coefficient (Wildman–Crippen LogP) is 2.49. The lowest BCUT2D eigenvalue weighted by atomic mass is 10.1. The molecule has 0 heterocycles. The summed E-state index contributed by atoms with van der Waals surface area (Å²) >= 11 is 0. The van der Waals surface area contributed by atoms with Crippen molar-refractivity contribution in [3.05, 3.63) is 54.1 Å². The topological polar surface area (TPSA) is 79.5 Å². The number of carbonyl (C=O) groups is 2. The van der Waals surface area contributed by atoms with Gasteiger partial charge in [-0.1, -0.05) is 18.2 Å². The van der Waals surface area contributed by atoms with Gasteiger partial charge in [0, 0.05) is 18.3 Å². The standard InChI is InChI=1S/C18H21N3O3/c1-12(17(22)21-15-9-4-5-10-16(15)24-3)20-14-8-6-7-13(11-14)18(23)19-2/h4-12,20H,1-3H3,(H,19,23)(H,21,22)/t12-/m0/s1. The zero-order valence-corrected chi connectivity index (χ0v) is 13.9. The summed E-state index contributed by atoms with van der Waals surface area (Å²) in [5, 5.41) is 8.48. The van der Waals surface area contributed by atoms with Crippen molar-refractivity contribution < 1.29 is 14.3 Å². The molecule has 0 spiro atoms. The second kappa shape index (κ2) is 8.01. The maximum Gasteiger partial charge on any atom is 0.251 e. The van der Waals surface area contributed by atoms with E-state index < -0.39 is 6.04 Å². The molecule has 0 aliphatic heterocycles. The maximum atomic E-state index is 12.4. The fourth-order valence-corrected chi connectivity index (χ4v) is 2.20. The van der Waals surface area contributed by atoms with Crippen LogP contribution in [0.4, 0.5) is 11.4 Å². The van der Waals surface area contributed by atoms with Crippen molar-refractivity contribution in [2.75, 3.05) is 24.8 Å². The molecule has 3 N–H and O–H groups in total. The van der Waals surface area contributed by atoms with Gasteiger partial charge < -0.3 is 20.7 Å². The number of benzene rings is 2. The first-order chi connectivity index (χ1) is 11.5. The average Bonchev–Trinajstić information content (AvgIpc) is 2.61.